The van der Waals surface area contributed by atoms with E-state index in [1.54, 1.807) is 19.3 Å². The largest absolute Gasteiger partial charge is 0.396 e. The topological polar surface area (TPSA) is 110 Å². The summed E-state index contributed by atoms with van der Waals surface area (Å²) in [7, 11) is 1.66. The lowest BCUT2D eigenvalue weighted by atomic mass is 10.2. The Balaban J connectivity index is 1.88. The highest BCUT2D eigenvalue weighted by molar-refractivity contribution is 7.99. The maximum atomic E-state index is 11.1. The van der Waals surface area contributed by atoms with Crippen LogP contribution in [0.1, 0.15) is 11.1 Å². The fourth-order valence-corrected chi connectivity index (χ4v) is 3.27. The molecule has 3 rings (SSSR count). The summed E-state index contributed by atoms with van der Waals surface area (Å²) in [6.45, 7) is 0.551. The van der Waals surface area contributed by atoms with Gasteiger partial charge in [-0.1, -0.05) is 30.3 Å². The van der Waals surface area contributed by atoms with E-state index >= 15 is 0 Å². The van der Waals surface area contributed by atoms with Crippen molar-refractivity contribution in [3.8, 4) is 6.07 Å². The van der Waals surface area contributed by atoms with Crippen molar-refractivity contribution >= 4 is 23.3 Å². The molecule has 130 valence electrons. The number of anilines is 1. The minimum absolute atomic E-state index is 0.258. The van der Waals surface area contributed by atoms with E-state index in [1.165, 1.54) is 10.9 Å². The third-order valence-electron chi connectivity index (χ3n) is 3.58. The maximum absolute atomic E-state index is 11.1. The number of nitrogens with zero attached hydrogens (tertiary/aromatic N) is 5. The van der Waals surface area contributed by atoms with Gasteiger partial charge in [0, 0.05) is 19.8 Å². The Bertz CT molecular complexity index is 981. The van der Waals surface area contributed by atoms with Crippen LogP contribution in [0.2, 0.25) is 0 Å². The molecule has 0 aliphatic carbocycles. The molecular formula is C17H14N6O2S. The van der Waals surface area contributed by atoms with Crippen LogP contribution in [0.25, 0.3) is 0 Å². The van der Waals surface area contributed by atoms with Gasteiger partial charge >= 0.3 is 5.82 Å². The van der Waals surface area contributed by atoms with Crippen LogP contribution in [-0.2, 0) is 13.6 Å². The number of hydrogen-bond donors (Lipinski definition) is 1. The van der Waals surface area contributed by atoms with E-state index in [2.05, 4.69) is 21.4 Å². The van der Waals surface area contributed by atoms with E-state index in [9.17, 15) is 15.4 Å². The highest BCUT2D eigenvalue weighted by atomic mass is 32.2. The molecule has 0 saturated heterocycles. The van der Waals surface area contributed by atoms with E-state index in [4.69, 9.17) is 0 Å². The molecule has 0 spiro atoms. The molecule has 0 amide bonds. The molecule has 1 N–H and O–H groups in total. The zero-order valence-corrected chi connectivity index (χ0v) is 14.6. The molecule has 2 heterocycles. The van der Waals surface area contributed by atoms with Crippen molar-refractivity contribution in [1.29, 1.82) is 5.26 Å². The Hall–Kier alpha value is -3.38. The minimum Gasteiger partial charge on any atom is -0.380 e. The molecule has 0 saturated carbocycles. The van der Waals surface area contributed by atoms with Crippen molar-refractivity contribution in [3.63, 3.8) is 0 Å². The molecule has 0 bridgehead atoms. The quantitative estimate of drug-likeness (QED) is 0.526. The van der Waals surface area contributed by atoms with E-state index < -0.39 is 4.92 Å². The van der Waals surface area contributed by atoms with Crippen molar-refractivity contribution in [3.05, 3.63) is 70.2 Å². The van der Waals surface area contributed by atoms with Crippen molar-refractivity contribution < 1.29 is 4.92 Å². The lowest BCUT2D eigenvalue weighted by molar-refractivity contribution is -0.392. The molecule has 8 nitrogen and oxygen atoms in total. The first-order valence-corrected chi connectivity index (χ1v) is 8.42. The Morgan fingerprint density at radius 2 is 2.08 bits per heavy atom. The second kappa shape index (κ2) is 7.67. The SMILES string of the molecule is Cn1cnc([N+](=O)[O-])c1Sc1nccc(NCc2ccccc2)c1C#N. The van der Waals surface area contributed by atoms with E-state index in [1.807, 2.05) is 30.3 Å². The van der Waals surface area contributed by atoms with Crippen molar-refractivity contribution in [2.24, 2.45) is 7.05 Å². The van der Waals surface area contributed by atoms with Gasteiger partial charge in [-0.15, -0.1) is 0 Å². The minimum atomic E-state index is -0.550. The first-order valence-electron chi connectivity index (χ1n) is 7.60. The van der Waals surface area contributed by atoms with Crippen molar-refractivity contribution in [2.45, 2.75) is 16.6 Å². The van der Waals surface area contributed by atoms with Crippen molar-refractivity contribution in [1.82, 2.24) is 14.5 Å². The smallest absolute Gasteiger partial charge is 0.380 e. The van der Waals surface area contributed by atoms with Crippen LogP contribution in [0.3, 0.4) is 0 Å². The van der Waals surface area contributed by atoms with Crippen LogP contribution in [-0.4, -0.2) is 19.5 Å². The number of aromatic nitrogens is 3. The average molecular weight is 366 g/mol. The van der Waals surface area contributed by atoms with Gasteiger partial charge in [0.05, 0.1) is 5.69 Å². The van der Waals surface area contributed by atoms with E-state index in [-0.39, 0.29) is 5.82 Å². The molecule has 9 heteroatoms. The second-order valence-corrected chi connectivity index (χ2v) is 6.31. The first-order chi connectivity index (χ1) is 12.6. The Labute approximate surface area is 153 Å². The average Bonchev–Trinajstić information content (AvgIpc) is 3.02. The van der Waals surface area contributed by atoms with Gasteiger partial charge in [-0.2, -0.15) is 5.26 Å². The summed E-state index contributed by atoms with van der Waals surface area (Å²) in [5.41, 5.74) is 2.03. The van der Waals surface area contributed by atoms with Crippen LogP contribution in [0.15, 0.2) is 59.0 Å². The Morgan fingerprint density at radius 3 is 2.77 bits per heavy atom. The Morgan fingerprint density at radius 1 is 1.31 bits per heavy atom. The Kier molecular flexibility index (Phi) is 5.15. The summed E-state index contributed by atoms with van der Waals surface area (Å²) in [6.07, 6.45) is 2.93. The summed E-state index contributed by atoms with van der Waals surface area (Å²) < 4.78 is 1.54. The van der Waals surface area contributed by atoms with Crippen LogP contribution < -0.4 is 5.32 Å². The van der Waals surface area contributed by atoms with Crippen LogP contribution in [0, 0.1) is 21.4 Å². The number of pyridine rings is 1. The number of nitrogens with one attached hydrogen (secondary N) is 1. The molecule has 1 aromatic carbocycles. The molecule has 0 aliphatic rings. The molecule has 26 heavy (non-hydrogen) atoms. The van der Waals surface area contributed by atoms with Crippen LogP contribution in [0.4, 0.5) is 11.5 Å². The highest BCUT2D eigenvalue weighted by Crippen LogP contribution is 2.36. The number of nitro groups is 1. The van der Waals surface area contributed by atoms with Gasteiger partial charge in [0.25, 0.3) is 0 Å². The van der Waals surface area contributed by atoms with E-state index in [0.717, 1.165) is 17.3 Å². The lowest BCUT2D eigenvalue weighted by Crippen LogP contribution is -2.03. The maximum Gasteiger partial charge on any atom is 0.396 e. The van der Waals surface area contributed by atoms with Gasteiger partial charge in [-0.25, -0.2) is 4.98 Å². The van der Waals surface area contributed by atoms with Gasteiger partial charge in [-0.05, 0) is 33.3 Å². The number of nitriles is 1. The molecule has 0 fully saturated rings. The van der Waals surface area contributed by atoms with Crippen LogP contribution >= 0.6 is 11.8 Å². The fraction of sp³-hybridized carbons (Fsp3) is 0.118. The van der Waals surface area contributed by atoms with Gasteiger partial charge in [0.1, 0.15) is 16.7 Å². The van der Waals surface area contributed by atoms with Gasteiger partial charge < -0.3 is 20.0 Å². The standard InChI is InChI=1S/C17H14N6O2S/c1-22-11-21-15(23(24)25)17(22)26-16-13(9-18)14(7-8-19-16)20-10-12-5-3-2-4-6-12/h2-8,11H,10H2,1H3,(H,19,20). The van der Waals surface area contributed by atoms with Gasteiger partial charge in [0.15, 0.2) is 5.03 Å². The summed E-state index contributed by atoms with van der Waals surface area (Å²) in [5, 5.41) is 24.6. The summed E-state index contributed by atoms with van der Waals surface area (Å²) >= 11 is 1.05. The molecule has 3 aromatic rings. The predicted molar refractivity (Wildman–Crippen MR) is 96.7 cm³/mol. The second-order valence-electron chi connectivity index (χ2n) is 5.33. The number of benzene rings is 1. The fourth-order valence-electron chi connectivity index (χ4n) is 2.31. The first kappa shape index (κ1) is 17.4. The molecule has 0 unspecified atom stereocenters. The van der Waals surface area contributed by atoms with Crippen LogP contribution in [0.5, 0.6) is 0 Å². The van der Waals surface area contributed by atoms with Gasteiger partial charge in [0.2, 0.25) is 6.33 Å². The number of rotatable bonds is 6. The molecule has 0 radical (unpaired) electrons. The number of imidazole rings is 1. The summed E-state index contributed by atoms with van der Waals surface area (Å²) in [6, 6.07) is 13.6. The van der Waals surface area contributed by atoms with Crippen molar-refractivity contribution in [2.75, 3.05) is 5.32 Å². The van der Waals surface area contributed by atoms with Gasteiger partial charge in [-0.3, -0.25) is 0 Å². The molecule has 2 aromatic heterocycles. The summed E-state index contributed by atoms with van der Waals surface area (Å²) in [5.74, 6) is -0.258. The van der Waals surface area contributed by atoms with E-state index in [0.29, 0.717) is 27.8 Å². The number of hydrogen-bond acceptors (Lipinski definition) is 7. The predicted octanol–water partition coefficient (Wildman–Crippen LogP) is 3.36. The molecule has 0 aliphatic heterocycles. The zero-order chi connectivity index (χ0) is 18.5. The third kappa shape index (κ3) is 3.65. The highest BCUT2D eigenvalue weighted by Gasteiger charge is 2.23. The normalized spacial score (nSPS) is 10.3. The monoisotopic (exact) mass is 366 g/mol. The molecule has 0 atom stereocenters. The third-order valence-corrected chi connectivity index (χ3v) is 4.75. The summed E-state index contributed by atoms with van der Waals surface area (Å²) in [4.78, 5) is 18.6. The number of aryl methyl sites for hydroxylation is 1. The molecular weight excluding hydrogens is 352 g/mol. The zero-order valence-electron chi connectivity index (χ0n) is 13.8. The lowest BCUT2D eigenvalue weighted by Gasteiger charge is -2.11.